The Labute approximate surface area is 76.9 Å². The van der Waals surface area contributed by atoms with E-state index >= 15 is 0 Å². The van der Waals surface area contributed by atoms with E-state index in [1.807, 2.05) is 0 Å². The third kappa shape index (κ3) is 1.72. The summed E-state index contributed by atoms with van der Waals surface area (Å²) in [6, 6.07) is 2.75. The van der Waals surface area contributed by atoms with Crippen molar-refractivity contribution in [2.24, 2.45) is 0 Å². The molecule has 0 heterocycles. The van der Waals surface area contributed by atoms with Crippen molar-refractivity contribution >= 4 is 27.5 Å². The molecule has 0 unspecified atom stereocenters. The third-order valence-corrected chi connectivity index (χ3v) is 2.45. The molecule has 0 saturated heterocycles. The summed E-state index contributed by atoms with van der Waals surface area (Å²) in [4.78, 5) is 0. The molecule has 1 aromatic carbocycles. The predicted molar refractivity (Wildman–Crippen MR) is 45.0 cm³/mol. The molecule has 60 valence electrons. The van der Waals surface area contributed by atoms with E-state index in [0.29, 0.717) is 10.0 Å². The van der Waals surface area contributed by atoms with E-state index in [2.05, 4.69) is 15.9 Å². The fraction of sp³-hybridized carbons (Fsp3) is 0.143. The van der Waals surface area contributed by atoms with Crippen molar-refractivity contribution in [2.45, 2.75) is 6.61 Å². The highest BCUT2D eigenvalue weighted by Crippen LogP contribution is 2.27. The van der Waals surface area contributed by atoms with E-state index in [1.54, 1.807) is 0 Å². The van der Waals surface area contributed by atoms with Gasteiger partial charge in [0, 0.05) is 10.0 Å². The van der Waals surface area contributed by atoms with Crippen LogP contribution in [-0.4, -0.2) is 5.11 Å². The summed E-state index contributed by atoms with van der Waals surface area (Å²) >= 11 is 8.66. The third-order valence-electron chi connectivity index (χ3n) is 1.30. The maximum absolute atomic E-state index is 12.7. The van der Waals surface area contributed by atoms with Gasteiger partial charge in [-0.05, 0) is 12.1 Å². The summed E-state index contributed by atoms with van der Waals surface area (Å²) in [6.45, 7) is -0.267. The summed E-state index contributed by atoms with van der Waals surface area (Å²) in [6.07, 6.45) is 0. The quantitative estimate of drug-likeness (QED) is 0.747. The van der Waals surface area contributed by atoms with Gasteiger partial charge >= 0.3 is 0 Å². The molecule has 0 aliphatic heterocycles. The molecule has 0 fully saturated rings. The Morgan fingerprint density at radius 1 is 1.55 bits per heavy atom. The largest absolute Gasteiger partial charge is 0.392 e. The van der Waals surface area contributed by atoms with Crippen LogP contribution in [0, 0.1) is 5.82 Å². The fourth-order valence-corrected chi connectivity index (χ4v) is 1.51. The first-order valence-electron chi connectivity index (χ1n) is 2.90. The van der Waals surface area contributed by atoms with Gasteiger partial charge in [-0.2, -0.15) is 0 Å². The molecule has 0 amide bonds. The highest BCUT2D eigenvalue weighted by atomic mass is 79.9. The van der Waals surface area contributed by atoms with Gasteiger partial charge in [-0.25, -0.2) is 4.39 Å². The number of halogens is 3. The van der Waals surface area contributed by atoms with Crippen molar-refractivity contribution in [1.82, 2.24) is 0 Å². The summed E-state index contributed by atoms with van der Waals surface area (Å²) < 4.78 is 13.3. The summed E-state index contributed by atoms with van der Waals surface area (Å²) in [5.41, 5.74) is 0.381. The smallest absolute Gasteiger partial charge is 0.142 e. The summed E-state index contributed by atoms with van der Waals surface area (Å²) in [5.74, 6) is -0.515. The minimum atomic E-state index is -0.515. The number of aliphatic hydroxyl groups excluding tert-OH is 1. The number of aliphatic hydroxyl groups is 1. The van der Waals surface area contributed by atoms with Crippen molar-refractivity contribution in [3.05, 3.63) is 33.0 Å². The van der Waals surface area contributed by atoms with Crippen LogP contribution in [-0.2, 0) is 6.61 Å². The van der Waals surface area contributed by atoms with Gasteiger partial charge in [0.15, 0.2) is 0 Å². The van der Waals surface area contributed by atoms with Gasteiger partial charge in [0.25, 0.3) is 0 Å². The standard InChI is InChI=1S/C7H5BrClFO/c8-5-1-2-6(10)7(9)4(5)3-11/h1-2,11H,3H2. The number of rotatable bonds is 1. The lowest BCUT2D eigenvalue weighted by Crippen LogP contribution is -1.89. The second-order valence-electron chi connectivity index (χ2n) is 1.98. The van der Waals surface area contributed by atoms with Crippen LogP contribution in [0.4, 0.5) is 4.39 Å². The van der Waals surface area contributed by atoms with Gasteiger partial charge in [0.1, 0.15) is 5.82 Å². The maximum atomic E-state index is 12.7. The molecule has 0 aromatic heterocycles. The van der Waals surface area contributed by atoms with Gasteiger partial charge in [-0.3, -0.25) is 0 Å². The average molecular weight is 239 g/mol. The van der Waals surface area contributed by atoms with Crippen LogP contribution in [0.25, 0.3) is 0 Å². The second-order valence-corrected chi connectivity index (χ2v) is 3.21. The van der Waals surface area contributed by atoms with E-state index in [4.69, 9.17) is 16.7 Å². The molecule has 0 bridgehead atoms. The van der Waals surface area contributed by atoms with Crippen molar-refractivity contribution in [1.29, 1.82) is 0 Å². The van der Waals surface area contributed by atoms with Crippen LogP contribution in [0.15, 0.2) is 16.6 Å². The molecule has 4 heteroatoms. The molecule has 1 N–H and O–H groups in total. The average Bonchev–Trinajstić information content (AvgIpc) is 1.99. The van der Waals surface area contributed by atoms with Crippen LogP contribution in [0.5, 0.6) is 0 Å². The summed E-state index contributed by atoms with van der Waals surface area (Å²) in [7, 11) is 0. The van der Waals surface area contributed by atoms with Gasteiger partial charge in [-0.15, -0.1) is 0 Å². The molecular formula is C7H5BrClFO. The zero-order chi connectivity index (χ0) is 8.43. The topological polar surface area (TPSA) is 20.2 Å². The van der Waals surface area contributed by atoms with Gasteiger partial charge in [-0.1, -0.05) is 27.5 Å². The molecule has 0 radical (unpaired) electrons. The van der Waals surface area contributed by atoms with E-state index in [-0.39, 0.29) is 11.6 Å². The lowest BCUT2D eigenvalue weighted by atomic mass is 10.2. The van der Waals surface area contributed by atoms with Crippen LogP contribution in [0.2, 0.25) is 5.02 Å². The second kappa shape index (κ2) is 3.52. The predicted octanol–water partition coefficient (Wildman–Crippen LogP) is 2.73. The SMILES string of the molecule is OCc1c(Br)ccc(F)c1Cl. The van der Waals surface area contributed by atoms with Crippen molar-refractivity contribution in [3.8, 4) is 0 Å². The number of benzene rings is 1. The zero-order valence-electron chi connectivity index (χ0n) is 5.44. The van der Waals surface area contributed by atoms with E-state index in [1.165, 1.54) is 12.1 Å². The molecule has 0 saturated carbocycles. The molecule has 0 spiro atoms. The van der Waals surface area contributed by atoms with Gasteiger partial charge < -0.3 is 5.11 Å². The van der Waals surface area contributed by atoms with Crippen LogP contribution in [0.3, 0.4) is 0 Å². The number of hydrogen-bond donors (Lipinski definition) is 1. The van der Waals surface area contributed by atoms with Crippen LogP contribution < -0.4 is 0 Å². The first-order valence-corrected chi connectivity index (χ1v) is 4.07. The van der Waals surface area contributed by atoms with Crippen molar-refractivity contribution in [2.75, 3.05) is 0 Å². The lowest BCUT2D eigenvalue weighted by Gasteiger charge is -2.03. The minimum absolute atomic E-state index is 0.0260. The maximum Gasteiger partial charge on any atom is 0.142 e. The summed E-state index contributed by atoms with van der Waals surface area (Å²) in [5, 5.41) is 8.72. The normalized spacial score (nSPS) is 10.2. The minimum Gasteiger partial charge on any atom is -0.392 e. The Kier molecular flexibility index (Phi) is 2.87. The molecule has 0 aliphatic rings. The molecule has 1 rings (SSSR count). The van der Waals surface area contributed by atoms with Crippen molar-refractivity contribution < 1.29 is 9.50 Å². The zero-order valence-corrected chi connectivity index (χ0v) is 7.78. The molecule has 0 atom stereocenters. The Morgan fingerprint density at radius 2 is 2.18 bits per heavy atom. The Balaban J connectivity index is 3.29. The highest BCUT2D eigenvalue weighted by molar-refractivity contribution is 9.10. The van der Waals surface area contributed by atoms with Crippen LogP contribution in [0.1, 0.15) is 5.56 Å². The van der Waals surface area contributed by atoms with E-state index < -0.39 is 5.82 Å². The molecule has 1 nitrogen and oxygen atoms in total. The fourth-order valence-electron chi connectivity index (χ4n) is 0.714. The Hall–Kier alpha value is -0.120. The first-order chi connectivity index (χ1) is 5.16. The number of hydrogen-bond acceptors (Lipinski definition) is 1. The van der Waals surface area contributed by atoms with Crippen molar-refractivity contribution in [3.63, 3.8) is 0 Å². The van der Waals surface area contributed by atoms with Gasteiger partial charge in [0.05, 0.1) is 11.6 Å². The first kappa shape index (κ1) is 8.97. The Bertz CT molecular complexity index is 277. The molecule has 1 aromatic rings. The lowest BCUT2D eigenvalue weighted by molar-refractivity contribution is 0.280. The monoisotopic (exact) mass is 238 g/mol. The van der Waals surface area contributed by atoms with Gasteiger partial charge in [0.2, 0.25) is 0 Å². The van der Waals surface area contributed by atoms with Crippen LogP contribution >= 0.6 is 27.5 Å². The highest BCUT2D eigenvalue weighted by Gasteiger charge is 2.08. The van der Waals surface area contributed by atoms with E-state index in [9.17, 15) is 4.39 Å². The Morgan fingerprint density at radius 3 is 2.64 bits per heavy atom. The van der Waals surface area contributed by atoms with E-state index in [0.717, 1.165) is 0 Å². The molecular weight excluding hydrogens is 234 g/mol. The molecule has 0 aliphatic carbocycles. The molecule has 11 heavy (non-hydrogen) atoms.